The molecule has 2 aromatic rings. The van der Waals surface area contributed by atoms with Crippen LogP contribution in [-0.4, -0.2) is 38.1 Å². The van der Waals surface area contributed by atoms with Crippen LogP contribution >= 0.6 is 0 Å². The number of aromatic nitrogens is 1. The Morgan fingerprint density at radius 2 is 2.04 bits per heavy atom. The summed E-state index contributed by atoms with van der Waals surface area (Å²) in [5.41, 5.74) is 0.151. The third-order valence-corrected chi connectivity index (χ3v) is 4.77. The second-order valence-electron chi connectivity index (χ2n) is 4.98. The van der Waals surface area contributed by atoms with Gasteiger partial charge in [0.1, 0.15) is 23.7 Å². The van der Waals surface area contributed by atoms with Gasteiger partial charge in [-0.25, -0.2) is 13.4 Å². The number of hydrogen-bond acceptors (Lipinski definition) is 6. The van der Waals surface area contributed by atoms with Crippen molar-refractivity contribution < 1.29 is 27.4 Å². The van der Waals surface area contributed by atoms with Gasteiger partial charge in [0.15, 0.2) is 5.82 Å². The molecule has 0 unspecified atom stereocenters. The molecule has 2 heterocycles. The molecule has 1 aromatic carbocycles. The summed E-state index contributed by atoms with van der Waals surface area (Å²) in [5.74, 6) is -1.98. The molecule has 1 aliphatic heterocycles. The maximum absolute atomic E-state index is 14.4. The summed E-state index contributed by atoms with van der Waals surface area (Å²) < 4.78 is 45.3. The van der Waals surface area contributed by atoms with E-state index in [1.54, 1.807) is 10.8 Å². The van der Waals surface area contributed by atoms with Crippen molar-refractivity contribution in [3.63, 3.8) is 0 Å². The predicted molar refractivity (Wildman–Crippen MR) is 82.3 cm³/mol. The maximum Gasteiger partial charge on any atom is 0.326 e. The van der Waals surface area contributed by atoms with Crippen molar-refractivity contribution >= 4 is 21.8 Å². The van der Waals surface area contributed by atoms with Gasteiger partial charge in [0.25, 0.3) is 5.91 Å². The van der Waals surface area contributed by atoms with Gasteiger partial charge in [-0.1, -0.05) is 0 Å². The Morgan fingerprint density at radius 3 is 2.62 bits per heavy atom. The van der Waals surface area contributed by atoms with Crippen LogP contribution in [0.3, 0.4) is 0 Å². The van der Waals surface area contributed by atoms with Crippen LogP contribution in [0.2, 0.25) is 0 Å². The summed E-state index contributed by atoms with van der Waals surface area (Å²) in [6.45, 7) is -0.604. The molecular formula is C14H12FN3O5S. The van der Waals surface area contributed by atoms with Crippen LogP contribution in [0.5, 0.6) is 11.5 Å². The largest absolute Gasteiger partial charge is 0.506 e. The minimum Gasteiger partial charge on any atom is -0.506 e. The first-order valence-corrected chi connectivity index (χ1v) is 8.11. The number of anilines is 1. The van der Waals surface area contributed by atoms with Crippen molar-refractivity contribution in [2.45, 2.75) is 0 Å². The van der Waals surface area contributed by atoms with Crippen LogP contribution in [-0.2, 0) is 15.0 Å². The van der Waals surface area contributed by atoms with Crippen molar-refractivity contribution in [3.8, 4) is 22.6 Å². The minimum absolute atomic E-state index is 0.274. The van der Waals surface area contributed by atoms with Gasteiger partial charge in [-0.15, -0.1) is 0 Å². The predicted octanol–water partition coefficient (Wildman–Crippen LogP) is 0.783. The van der Waals surface area contributed by atoms with Crippen LogP contribution in [0.15, 0.2) is 30.6 Å². The summed E-state index contributed by atoms with van der Waals surface area (Å²) in [6.07, 6.45) is 2.90. The molecule has 1 fully saturated rings. The second kappa shape index (κ2) is 5.64. The number of carbonyl (C=O) groups is 1. The molecule has 10 heteroatoms. The second-order valence-corrected chi connectivity index (χ2v) is 6.57. The van der Waals surface area contributed by atoms with Gasteiger partial charge in [-0.05, 0) is 23.8 Å². The van der Waals surface area contributed by atoms with E-state index in [1.807, 2.05) is 0 Å². The summed E-state index contributed by atoms with van der Waals surface area (Å²) in [5, 5.41) is 10.1. The zero-order valence-electron chi connectivity index (χ0n) is 12.4. The standard InChI is InChI=1S/C14H12FN3O5S/c1-23-10-2-9(5-16-6-10)8-3-11(15)14(12(19)4-8)18-7-13(20)17-24(18,21)22/h2-6,19H,7H2,1H3,(H,17,20). The maximum atomic E-state index is 14.4. The van der Waals surface area contributed by atoms with E-state index in [0.717, 1.165) is 6.07 Å². The molecule has 1 amide bonds. The number of benzene rings is 1. The SMILES string of the molecule is COc1cncc(-c2cc(O)c(N3CC(=O)NS3(=O)=O)c(F)c2)c1. The number of rotatable bonds is 3. The van der Waals surface area contributed by atoms with E-state index >= 15 is 0 Å². The van der Waals surface area contributed by atoms with Crippen LogP contribution in [0.4, 0.5) is 10.1 Å². The molecule has 3 rings (SSSR count). The molecule has 0 saturated carbocycles. The monoisotopic (exact) mass is 353 g/mol. The smallest absolute Gasteiger partial charge is 0.326 e. The molecule has 1 aromatic heterocycles. The lowest BCUT2D eigenvalue weighted by atomic mass is 10.1. The first-order valence-electron chi connectivity index (χ1n) is 6.67. The highest BCUT2D eigenvalue weighted by molar-refractivity contribution is 7.92. The average Bonchev–Trinajstić information content (AvgIpc) is 2.79. The van der Waals surface area contributed by atoms with Gasteiger partial charge in [0.2, 0.25) is 0 Å². The lowest BCUT2D eigenvalue weighted by Crippen LogP contribution is -2.30. The number of ether oxygens (including phenoxy) is 1. The van der Waals surface area contributed by atoms with Gasteiger partial charge in [0, 0.05) is 11.8 Å². The quantitative estimate of drug-likeness (QED) is 0.844. The van der Waals surface area contributed by atoms with Gasteiger partial charge < -0.3 is 9.84 Å². The Labute approximate surface area is 136 Å². The fourth-order valence-electron chi connectivity index (χ4n) is 2.33. The van der Waals surface area contributed by atoms with Crippen LogP contribution in [0.25, 0.3) is 11.1 Å². The molecule has 0 atom stereocenters. The highest BCUT2D eigenvalue weighted by Crippen LogP contribution is 2.37. The molecule has 2 N–H and O–H groups in total. The Balaban J connectivity index is 2.08. The molecule has 126 valence electrons. The third kappa shape index (κ3) is 2.71. The number of hydrogen-bond donors (Lipinski definition) is 2. The number of nitrogens with one attached hydrogen (secondary N) is 1. The van der Waals surface area contributed by atoms with E-state index in [1.165, 1.54) is 25.6 Å². The minimum atomic E-state index is -4.22. The number of phenols is 1. The van der Waals surface area contributed by atoms with Crippen LogP contribution in [0, 0.1) is 5.82 Å². The first kappa shape index (κ1) is 16.0. The summed E-state index contributed by atoms with van der Waals surface area (Å²) >= 11 is 0. The van der Waals surface area contributed by atoms with E-state index in [-0.39, 0.29) is 5.56 Å². The molecule has 0 spiro atoms. The Bertz CT molecular complexity index is 909. The summed E-state index contributed by atoms with van der Waals surface area (Å²) in [4.78, 5) is 15.2. The van der Waals surface area contributed by atoms with Gasteiger partial charge in [-0.2, -0.15) is 8.42 Å². The van der Waals surface area contributed by atoms with Crippen LogP contribution in [0.1, 0.15) is 0 Å². The van der Waals surface area contributed by atoms with E-state index in [2.05, 4.69) is 4.98 Å². The summed E-state index contributed by atoms with van der Waals surface area (Å²) in [7, 11) is -2.77. The number of nitrogens with zero attached hydrogens (tertiary/aromatic N) is 2. The van der Waals surface area contributed by atoms with Gasteiger partial charge >= 0.3 is 10.2 Å². The third-order valence-electron chi connectivity index (χ3n) is 3.40. The Hall–Kier alpha value is -2.88. The fourth-order valence-corrected chi connectivity index (χ4v) is 3.50. The lowest BCUT2D eigenvalue weighted by molar-refractivity contribution is -0.117. The highest BCUT2D eigenvalue weighted by atomic mass is 32.2. The number of methoxy groups -OCH3 is 1. The molecular weight excluding hydrogens is 341 g/mol. The van der Waals surface area contributed by atoms with Crippen molar-refractivity contribution in [2.24, 2.45) is 0 Å². The molecule has 8 nitrogen and oxygen atoms in total. The molecule has 1 aliphatic rings. The van der Waals surface area contributed by atoms with Crippen LogP contribution < -0.4 is 13.8 Å². The van der Waals surface area contributed by atoms with Gasteiger partial charge in [0.05, 0.1) is 13.3 Å². The number of pyridine rings is 1. The van der Waals surface area contributed by atoms with Crippen molar-refractivity contribution in [3.05, 3.63) is 36.4 Å². The first-order chi connectivity index (χ1) is 11.3. The zero-order valence-corrected chi connectivity index (χ0v) is 13.2. The number of aromatic hydroxyl groups is 1. The molecule has 24 heavy (non-hydrogen) atoms. The number of amides is 1. The fraction of sp³-hybridized carbons (Fsp3) is 0.143. The number of carbonyl (C=O) groups excluding carboxylic acids is 1. The van der Waals surface area contributed by atoms with E-state index in [9.17, 15) is 22.7 Å². The van der Waals surface area contributed by atoms with Crippen molar-refractivity contribution in [1.82, 2.24) is 9.71 Å². The number of phenolic OH excluding ortho intramolecular Hbond substituents is 1. The molecule has 0 radical (unpaired) electrons. The number of halogens is 1. The Kier molecular flexibility index (Phi) is 3.76. The Morgan fingerprint density at radius 1 is 1.29 bits per heavy atom. The topological polar surface area (TPSA) is 109 Å². The normalized spacial score (nSPS) is 16.1. The average molecular weight is 353 g/mol. The van der Waals surface area contributed by atoms with Crippen molar-refractivity contribution in [2.75, 3.05) is 18.0 Å². The van der Waals surface area contributed by atoms with E-state index in [4.69, 9.17) is 4.74 Å². The molecule has 0 aliphatic carbocycles. The lowest BCUT2D eigenvalue weighted by Gasteiger charge is -2.17. The summed E-state index contributed by atoms with van der Waals surface area (Å²) in [6, 6.07) is 3.82. The van der Waals surface area contributed by atoms with E-state index in [0.29, 0.717) is 15.6 Å². The molecule has 0 bridgehead atoms. The van der Waals surface area contributed by atoms with E-state index < -0.39 is 39.9 Å². The van der Waals surface area contributed by atoms with Gasteiger partial charge in [-0.3, -0.25) is 9.78 Å². The van der Waals surface area contributed by atoms with Crippen molar-refractivity contribution in [1.29, 1.82) is 0 Å². The molecule has 1 saturated heterocycles. The highest BCUT2D eigenvalue weighted by Gasteiger charge is 2.37. The zero-order chi connectivity index (χ0) is 17.5.